The summed E-state index contributed by atoms with van der Waals surface area (Å²) in [5.41, 5.74) is 3.28. The van der Waals surface area contributed by atoms with Crippen LogP contribution in [-0.4, -0.2) is 45.7 Å². The lowest BCUT2D eigenvalue weighted by Crippen LogP contribution is -2.47. The molecule has 2 heterocycles. The predicted molar refractivity (Wildman–Crippen MR) is 103 cm³/mol. The molecule has 0 unspecified atom stereocenters. The highest BCUT2D eigenvalue weighted by Gasteiger charge is 2.34. The molecule has 0 spiro atoms. The van der Waals surface area contributed by atoms with Gasteiger partial charge < -0.3 is 9.80 Å². The molecule has 1 atom stereocenters. The minimum absolute atomic E-state index is 0.0225. The number of benzene rings is 1. The molecule has 27 heavy (non-hydrogen) atoms. The Bertz CT molecular complexity index is 819. The maximum atomic E-state index is 13.2. The molecule has 0 bridgehead atoms. The van der Waals surface area contributed by atoms with Crippen LogP contribution in [0.25, 0.3) is 0 Å². The molecule has 0 saturated carbocycles. The molecule has 1 aliphatic rings. The Morgan fingerprint density at radius 2 is 2.04 bits per heavy atom. The molecule has 3 rings (SSSR count). The van der Waals surface area contributed by atoms with Crippen LogP contribution in [0.2, 0.25) is 0 Å². The Morgan fingerprint density at radius 3 is 2.63 bits per heavy atom. The number of rotatable bonds is 4. The number of halogens is 1. The average Bonchev–Trinajstić information content (AvgIpc) is 2.99. The molecular weight excluding hydrogens is 365 g/mol. The van der Waals surface area contributed by atoms with Gasteiger partial charge in [-0.3, -0.25) is 9.59 Å². The molecule has 0 N–H and O–H groups in total. The number of hydrogen-bond donors (Lipinski definition) is 0. The van der Waals surface area contributed by atoms with Gasteiger partial charge in [0, 0.05) is 26.1 Å². The number of hydrogen-bond acceptors (Lipinski definition) is 4. The number of aromatic nitrogens is 1. The standard InChI is InChI=1S/C20H24FN3O2S/c1-13(2)17-11-23(20(26)19-14(3)22-12-27-19)9-8-18(25)24(17)10-15-4-6-16(21)7-5-15/h4-7,12-13,17H,8-11H2,1-3H3/t17-/m1/s1. The van der Waals surface area contributed by atoms with Crippen molar-refractivity contribution in [1.82, 2.24) is 14.8 Å². The largest absolute Gasteiger partial charge is 0.335 e. The second kappa shape index (κ2) is 8.17. The predicted octanol–water partition coefficient (Wildman–Crippen LogP) is 3.49. The van der Waals surface area contributed by atoms with Gasteiger partial charge in [-0.15, -0.1) is 11.3 Å². The fourth-order valence-electron chi connectivity index (χ4n) is 3.37. The van der Waals surface area contributed by atoms with Gasteiger partial charge in [0.05, 0.1) is 17.2 Å². The third-order valence-corrected chi connectivity index (χ3v) is 5.90. The fourth-order valence-corrected chi connectivity index (χ4v) is 4.14. The smallest absolute Gasteiger partial charge is 0.265 e. The van der Waals surface area contributed by atoms with Crippen molar-refractivity contribution in [1.29, 1.82) is 0 Å². The Labute approximate surface area is 162 Å². The lowest BCUT2D eigenvalue weighted by Gasteiger charge is -2.34. The van der Waals surface area contributed by atoms with Crippen molar-refractivity contribution in [2.45, 2.75) is 39.8 Å². The number of carbonyl (C=O) groups is 2. The second-order valence-electron chi connectivity index (χ2n) is 7.23. The number of aryl methyl sites for hydroxylation is 1. The molecule has 0 aliphatic carbocycles. The molecular formula is C20H24FN3O2S. The van der Waals surface area contributed by atoms with Gasteiger partial charge in [0.15, 0.2) is 0 Å². The van der Waals surface area contributed by atoms with E-state index in [0.717, 1.165) is 11.3 Å². The number of nitrogens with zero attached hydrogens (tertiary/aromatic N) is 3. The highest BCUT2D eigenvalue weighted by atomic mass is 32.1. The number of amides is 2. The molecule has 2 amide bonds. The summed E-state index contributed by atoms with van der Waals surface area (Å²) in [6.07, 6.45) is 0.286. The van der Waals surface area contributed by atoms with E-state index in [9.17, 15) is 14.0 Å². The van der Waals surface area contributed by atoms with Gasteiger partial charge in [0.2, 0.25) is 5.91 Å². The zero-order valence-electron chi connectivity index (χ0n) is 15.8. The molecule has 2 aromatic rings. The van der Waals surface area contributed by atoms with Crippen LogP contribution in [0.1, 0.15) is 41.2 Å². The van der Waals surface area contributed by atoms with E-state index >= 15 is 0 Å². The van der Waals surface area contributed by atoms with Gasteiger partial charge >= 0.3 is 0 Å². The van der Waals surface area contributed by atoms with Crippen LogP contribution in [0.3, 0.4) is 0 Å². The summed E-state index contributed by atoms with van der Waals surface area (Å²) in [5, 5.41) is 0. The minimum Gasteiger partial charge on any atom is -0.335 e. The maximum absolute atomic E-state index is 13.2. The Balaban J connectivity index is 1.83. The quantitative estimate of drug-likeness (QED) is 0.804. The van der Waals surface area contributed by atoms with Crippen molar-refractivity contribution in [2.75, 3.05) is 13.1 Å². The summed E-state index contributed by atoms with van der Waals surface area (Å²) in [4.78, 5) is 34.2. The zero-order chi connectivity index (χ0) is 19.6. The Morgan fingerprint density at radius 1 is 1.33 bits per heavy atom. The van der Waals surface area contributed by atoms with Crippen LogP contribution >= 0.6 is 11.3 Å². The number of carbonyl (C=O) groups excluding carboxylic acids is 2. The Hall–Kier alpha value is -2.28. The highest BCUT2D eigenvalue weighted by molar-refractivity contribution is 7.11. The van der Waals surface area contributed by atoms with E-state index in [1.54, 1.807) is 22.5 Å². The van der Waals surface area contributed by atoms with Crippen LogP contribution < -0.4 is 0 Å². The van der Waals surface area contributed by atoms with Gasteiger partial charge in [-0.25, -0.2) is 9.37 Å². The first-order chi connectivity index (χ1) is 12.9. The van der Waals surface area contributed by atoms with Crippen LogP contribution in [0.5, 0.6) is 0 Å². The molecule has 1 aromatic carbocycles. The van der Waals surface area contributed by atoms with Crippen LogP contribution in [0.4, 0.5) is 4.39 Å². The second-order valence-corrected chi connectivity index (χ2v) is 8.08. The van der Waals surface area contributed by atoms with Crippen molar-refractivity contribution in [3.8, 4) is 0 Å². The van der Waals surface area contributed by atoms with Crippen molar-refractivity contribution >= 4 is 23.2 Å². The average molecular weight is 389 g/mol. The molecule has 5 nitrogen and oxygen atoms in total. The van der Waals surface area contributed by atoms with E-state index in [1.807, 2.05) is 11.8 Å². The van der Waals surface area contributed by atoms with Crippen molar-refractivity contribution < 1.29 is 14.0 Å². The van der Waals surface area contributed by atoms with Crippen LogP contribution in [0, 0.1) is 18.7 Å². The van der Waals surface area contributed by atoms with Gasteiger partial charge in [-0.2, -0.15) is 0 Å². The summed E-state index contributed by atoms with van der Waals surface area (Å²) in [5.74, 6) is -0.144. The number of thiazole rings is 1. The third kappa shape index (κ3) is 4.35. The maximum Gasteiger partial charge on any atom is 0.265 e. The first kappa shape index (κ1) is 19.5. The van der Waals surface area contributed by atoms with Crippen molar-refractivity contribution in [3.05, 3.63) is 51.7 Å². The van der Waals surface area contributed by atoms with Crippen LogP contribution in [0.15, 0.2) is 29.8 Å². The van der Waals surface area contributed by atoms with Gasteiger partial charge in [-0.1, -0.05) is 26.0 Å². The molecule has 1 aromatic heterocycles. The minimum atomic E-state index is -0.293. The monoisotopic (exact) mass is 389 g/mol. The lowest BCUT2D eigenvalue weighted by atomic mass is 10.0. The summed E-state index contributed by atoms with van der Waals surface area (Å²) in [6, 6.07) is 6.12. The van der Waals surface area contributed by atoms with Gasteiger partial charge in [0.1, 0.15) is 10.7 Å². The van der Waals surface area contributed by atoms with Gasteiger partial charge in [-0.05, 0) is 30.5 Å². The van der Waals surface area contributed by atoms with E-state index in [2.05, 4.69) is 18.8 Å². The summed E-state index contributed by atoms with van der Waals surface area (Å²) < 4.78 is 13.2. The topological polar surface area (TPSA) is 53.5 Å². The fraction of sp³-hybridized carbons (Fsp3) is 0.450. The molecule has 0 radical (unpaired) electrons. The van der Waals surface area contributed by atoms with E-state index < -0.39 is 0 Å². The third-order valence-electron chi connectivity index (χ3n) is 4.99. The normalized spacial score (nSPS) is 18.1. The molecule has 7 heteroatoms. The molecule has 144 valence electrons. The summed E-state index contributed by atoms with van der Waals surface area (Å²) in [6.45, 7) is 7.25. The summed E-state index contributed by atoms with van der Waals surface area (Å²) in [7, 11) is 0. The lowest BCUT2D eigenvalue weighted by molar-refractivity contribution is -0.134. The van der Waals surface area contributed by atoms with Crippen molar-refractivity contribution in [3.63, 3.8) is 0 Å². The highest BCUT2D eigenvalue weighted by Crippen LogP contribution is 2.23. The zero-order valence-corrected chi connectivity index (χ0v) is 16.6. The van der Waals surface area contributed by atoms with E-state index in [0.29, 0.717) is 24.5 Å². The van der Waals surface area contributed by atoms with E-state index in [4.69, 9.17) is 0 Å². The van der Waals surface area contributed by atoms with Crippen LogP contribution in [-0.2, 0) is 11.3 Å². The summed E-state index contributed by atoms with van der Waals surface area (Å²) >= 11 is 1.34. The van der Waals surface area contributed by atoms with E-state index in [-0.39, 0.29) is 36.0 Å². The van der Waals surface area contributed by atoms with Crippen molar-refractivity contribution in [2.24, 2.45) is 5.92 Å². The molecule has 1 aliphatic heterocycles. The first-order valence-corrected chi connectivity index (χ1v) is 9.98. The SMILES string of the molecule is Cc1ncsc1C(=O)N1CCC(=O)N(Cc2ccc(F)cc2)[C@@H](C(C)C)C1. The van der Waals surface area contributed by atoms with E-state index in [1.165, 1.54) is 23.5 Å². The first-order valence-electron chi connectivity index (χ1n) is 9.10. The molecule has 1 fully saturated rings. The Kier molecular flexibility index (Phi) is 5.89. The molecule has 1 saturated heterocycles. The van der Waals surface area contributed by atoms with Gasteiger partial charge in [0.25, 0.3) is 5.91 Å².